The van der Waals surface area contributed by atoms with Crippen LogP contribution in [0.25, 0.3) is 22.6 Å². The van der Waals surface area contributed by atoms with Gasteiger partial charge in [-0.15, -0.1) is 0 Å². The van der Waals surface area contributed by atoms with Gasteiger partial charge < -0.3 is 14.5 Å². The first-order chi connectivity index (χ1) is 15.4. The molecule has 0 spiro atoms. The summed E-state index contributed by atoms with van der Waals surface area (Å²) in [6, 6.07) is 17.5. The van der Waals surface area contributed by atoms with Crippen molar-refractivity contribution in [1.29, 1.82) is 0 Å². The minimum atomic E-state index is -0.548. The average molecular weight is 431 g/mol. The van der Waals surface area contributed by atoms with Gasteiger partial charge in [0.05, 0.1) is 4.92 Å². The van der Waals surface area contributed by atoms with Gasteiger partial charge in [0.2, 0.25) is 5.89 Å². The maximum atomic E-state index is 12.1. The largest absolute Gasteiger partial charge is 0.477 e. The second-order valence-corrected chi connectivity index (χ2v) is 7.41. The highest BCUT2D eigenvalue weighted by atomic mass is 16.6. The first-order valence-corrected chi connectivity index (χ1v) is 10.0. The number of hydrogen-bond acceptors (Lipinski definition) is 6. The number of nitro groups is 1. The molecule has 0 saturated carbocycles. The van der Waals surface area contributed by atoms with Crippen LogP contribution in [0.3, 0.4) is 0 Å². The molecule has 1 aromatic heterocycles. The summed E-state index contributed by atoms with van der Waals surface area (Å²) in [7, 11) is 0. The van der Waals surface area contributed by atoms with Crippen LogP contribution in [0.1, 0.15) is 16.7 Å². The topological polar surface area (TPSA) is 108 Å². The molecular weight excluding hydrogens is 410 g/mol. The molecule has 0 fully saturated rings. The van der Waals surface area contributed by atoms with Gasteiger partial charge >= 0.3 is 5.69 Å². The van der Waals surface area contributed by atoms with Crippen molar-refractivity contribution in [2.45, 2.75) is 20.4 Å². The smallest absolute Gasteiger partial charge is 0.310 e. The first kappa shape index (κ1) is 21.0. The van der Waals surface area contributed by atoms with Crippen LogP contribution in [0.15, 0.2) is 65.1 Å². The maximum Gasteiger partial charge on any atom is 0.310 e. The Bertz CT molecular complexity index is 1260. The van der Waals surface area contributed by atoms with Crippen molar-refractivity contribution >= 4 is 22.7 Å². The second-order valence-electron chi connectivity index (χ2n) is 7.41. The summed E-state index contributed by atoms with van der Waals surface area (Å²) >= 11 is 0. The van der Waals surface area contributed by atoms with Crippen LogP contribution in [0.4, 0.5) is 5.69 Å². The molecule has 32 heavy (non-hydrogen) atoms. The number of aryl methyl sites for hydroxylation is 2. The van der Waals surface area contributed by atoms with Gasteiger partial charge in [-0.3, -0.25) is 14.9 Å². The van der Waals surface area contributed by atoms with Gasteiger partial charge in [-0.2, -0.15) is 0 Å². The molecule has 1 amide bonds. The maximum absolute atomic E-state index is 12.1. The van der Waals surface area contributed by atoms with Crippen molar-refractivity contribution in [3.8, 4) is 17.2 Å². The van der Waals surface area contributed by atoms with E-state index in [9.17, 15) is 14.9 Å². The minimum Gasteiger partial charge on any atom is -0.477 e. The van der Waals surface area contributed by atoms with Gasteiger partial charge in [-0.05, 0) is 60.9 Å². The van der Waals surface area contributed by atoms with E-state index in [2.05, 4.69) is 10.3 Å². The van der Waals surface area contributed by atoms with E-state index in [-0.39, 0.29) is 24.0 Å². The highest BCUT2D eigenvalue weighted by molar-refractivity contribution is 5.78. The number of oxazole rings is 1. The van der Waals surface area contributed by atoms with E-state index in [4.69, 9.17) is 9.15 Å². The first-order valence-electron chi connectivity index (χ1n) is 10.0. The Labute approximate surface area is 184 Å². The number of fused-ring (bicyclic) bond motifs is 1. The Morgan fingerprint density at radius 1 is 1.09 bits per heavy atom. The van der Waals surface area contributed by atoms with Crippen LogP contribution < -0.4 is 10.1 Å². The highest BCUT2D eigenvalue weighted by Gasteiger charge is 2.15. The fourth-order valence-electron chi connectivity index (χ4n) is 3.19. The number of nitrogens with zero attached hydrogens (tertiary/aromatic N) is 2. The number of carbonyl (C=O) groups is 1. The third kappa shape index (κ3) is 4.59. The number of amides is 1. The number of hydrogen-bond donors (Lipinski definition) is 1. The Hall–Kier alpha value is -4.20. The fourth-order valence-corrected chi connectivity index (χ4v) is 3.19. The predicted molar refractivity (Wildman–Crippen MR) is 119 cm³/mol. The second kappa shape index (κ2) is 8.89. The van der Waals surface area contributed by atoms with Gasteiger partial charge in [-0.1, -0.05) is 24.3 Å². The third-order valence-corrected chi connectivity index (χ3v) is 5.12. The van der Waals surface area contributed by atoms with Crippen LogP contribution >= 0.6 is 0 Å². The zero-order chi connectivity index (χ0) is 22.7. The SMILES string of the molecule is Cc1cc2nc(-c3ccc(CNC(=O)COc4ccccc4[N+](=O)[O-])cc3)oc2cc1C. The number of nitro benzene ring substituents is 1. The molecule has 0 aliphatic rings. The molecule has 1 N–H and O–H groups in total. The molecule has 0 bridgehead atoms. The highest BCUT2D eigenvalue weighted by Crippen LogP contribution is 2.27. The van der Waals surface area contributed by atoms with Crippen molar-refractivity contribution in [3.05, 3.63) is 87.5 Å². The summed E-state index contributed by atoms with van der Waals surface area (Å²) in [5.74, 6) is 0.219. The van der Waals surface area contributed by atoms with E-state index in [0.717, 1.165) is 33.4 Å². The standard InChI is InChI=1S/C24H21N3O5/c1-15-11-19-22(12-16(15)2)32-24(26-19)18-9-7-17(8-10-18)13-25-23(28)14-31-21-6-4-3-5-20(21)27(29)30/h3-12H,13-14H2,1-2H3,(H,25,28). The van der Waals surface area contributed by atoms with E-state index < -0.39 is 4.92 Å². The number of nitrogens with one attached hydrogen (secondary N) is 1. The number of carbonyl (C=O) groups excluding carboxylic acids is 1. The van der Waals surface area contributed by atoms with Crippen molar-refractivity contribution in [2.24, 2.45) is 0 Å². The van der Waals surface area contributed by atoms with E-state index in [1.54, 1.807) is 6.07 Å². The molecule has 4 rings (SSSR count). The lowest BCUT2D eigenvalue weighted by Gasteiger charge is -2.08. The van der Waals surface area contributed by atoms with E-state index in [1.165, 1.54) is 18.2 Å². The van der Waals surface area contributed by atoms with Crippen molar-refractivity contribution in [1.82, 2.24) is 10.3 Å². The number of benzene rings is 3. The molecular formula is C24H21N3O5. The van der Waals surface area contributed by atoms with Crippen LogP contribution in [-0.2, 0) is 11.3 Å². The van der Waals surface area contributed by atoms with Crippen LogP contribution in [0.5, 0.6) is 5.75 Å². The Kier molecular flexibility index (Phi) is 5.85. The van der Waals surface area contributed by atoms with E-state index >= 15 is 0 Å². The van der Waals surface area contributed by atoms with Crippen molar-refractivity contribution < 1.29 is 18.9 Å². The fraction of sp³-hybridized carbons (Fsp3) is 0.167. The van der Waals surface area contributed by atoms with Crippen LogP contribution in [-0.4, -0.2) is 22.4 Å². The lowest BCUT2D eigenvalue weighted by molar-refractivity contribution is -0.385. The monoisotopic (exact) mass is 431 g/mol. The molecule has 1 heterocycles. The average Bonchev–Trinajstić information content (AvgIpc) is 3.19. The molecule has 0 aliphatic carbocycles. The normalized spacial score (nSPS) is 10.8. The number of ether oxygens (including phenoxy) is 1. The zero-order valence-electron chi connectivity index (χ0n) is 17.6. The Balaban J connectivity index is 1.35. The predicted octanol–water partition coefficient (Wildman–Crippen LogP) is 4.72. The minimum absolute atomic E-state index is 0.0562. The van der Waals surface area contributed by atoms with Gasteiger partial charge in [0.15, 0.2) is 17.9 Å². The molecule has 162 valence electrons. The summed E-state index contributed by atoms with van der Waals surface area (Å²) in [4.78, 5) is 27.1. The number of para-hydroxylation sites is 2. The molecule has 4 aromatic rings. The lowest BCUT2D eigenvalue weighted by Crippen LogP contribution is -2.28. The summed E-state index contributed by atoms with van der Waals surface area (Å²) in [6.07, 6.45) is 0. The quantitative estimate of drug-likeness (QED) is 0.335. The zero-order valence-corrected chi connectivity index (χ0v) is 17.6. The van der Waals surface area contributed by atoms with Gasteiger partial charge in [-0.25, -0.2) is 4.98 Å². The summed E-state index contributed by atoms with van der Waals surface area (Å²) in [6.45, 7) is 4.06. The van der Waals surface area contributed by atoms with Gasteiger partial charge in [0.1, 0.15) is 5.52 Å². The molecule has 8 nitrogen and oxygen atoms in total. The number of rotatable bonds is 7. The Morgan fingerprint density at radius 3 is 2.56 bits per heavy atom. The summed E-state index contributed by atoms with van der Waals surface area (Å²) in [5, 5.41) is 13.7. The van der Waals surface area contributed by atoms with Crippen molar-refractivity contribution in [2.75, 3.05) is 6.61 Å². The van der Waals surface area contributed by atoms with Crippen LogP contribution in [0, 0.1) is 24.0 Å². The number of aromatic nitrogens is 1. The van der Waals surface area contributed by atoms with Crippen molar-refractivity contribution in [3.63, 3.8) is 0 Å². The summed E-state index contributed by atoms with van der Waals surface area (Å²) < 4.78 is 11.2. The van der Waals surface area contributed by atoms with Gasteiger partial charge in [0, 0.05) is 18.2 Å². The molecule has 0 saturated heterocycles. The Morgan fingerprint density at radius 2 is 1.81 bits per heavy atom. The molecule has 0 radical (unpaired) electrons. The van der Waals surface area contributed by atoms with Gasteiger partial charge in [0.25, 0.3) is 5.91 Å². The molecule has 0 aliphatic heterocycles. The van der Waals surface area contributed by atoms with E-state index in [0.29, 0.717) is 12.4 Å². The van der Waals surface area contributed by atoms with E-state index in [1.807, 2.05) is 50.2 Å². The summed E-state index contributed by atoms with van der Waals surface area (Å²) in [5.41, 5.74) is 5.42. The lowest BCUT2D eigenvalue weighted by atomic mass is 10.1. The molecule has 0 unspecified atom stereocenters. The molecule has 8 heteroatoms. The third-order valence-electron chi connectivity index (χ3n) is 5.12. The molecule has 3 aromatic carbocycles. The van der Waals surface area contributed by atoms with Crippen LogP contribution in [0.2, 0.25) is 0 Å². The molecule has 0 atom stereocenters.